The number of aromatic nitrogens is 2. The molecule has 0 spiro atoms. The average molecular weight is 424 g/mol. The van der Waals surface area contributed by atoms with E-state index < -0.39 is 17.6 Å². The van der Waals surface area contributed by atoms with Gasteiger partial charge < -0.3 is 19.2 Å². The number of aromatic amines is 1. The number of halogens is 1. The van der Waals surface area contributed by atoms with Gasteiger partial charge in [0.1, 0.15) is 11.6 Å². The second-order valence-corrected chi connectivity index (χ2v) is 6.61. The molecule has 0 radical (unpaired) electrons. The van der Waals surface area contributed by atoms with Gasteiger partial charge in [-0.05, 0) is 32.2 Å². The number of thioether (sulfide) groups is 1. The molecule has 28 heavy (non-hydrogen) atoms. The van der Waals surface area contributed by atoms with Crippen LogP contribution >= 0.6 is 23.4 Å². The lowest BCUT2D eigenvalue weighted by molar-refractivity contribution is -0.147. The molecule has 0 aliphatic rings. The maximum absolute atomic E-state index is 12.2. The van der Waals surface area contributed by atoms with Crippen LogP contribution < -0.4 is 15.0 Å². The molecule has 8 nitrogen and oxygen atoms in total. The highest BCUT2D eigenvalue weighted by molar-refractivity contribution is 7.98. The largest absolute Gasteiger partial charge is 0.490 e. The van der Waals surface area contributed by atoms with Crippen molar-refractivity contribution in [3.05, 3.63) is 33.1 Å². The summed E-state index contributed by atoms with van der Waals surface area (Å²) in [4.78, 5) is 30.7. The molecule has 1 unspecified atom stereocenters. The van der Waals surface area contributed by atoms with Gasteiger partial charge in [0.05, 0.1) is 24.4 Å². The molecule has 0 fully saturated rings. The van der Waals surface area contributed by atoms with Crippen molar-refractivity contribution in [3.8, 4) is 28.8 Å². The zero-order valence-corrected chi connectivity index (χ0v) is 17.2. The van der Waals surface area contributed by atoms with Gasteiger partial charge in [-0.1, -0.05) is 23.4 Å². The molecule has 1 aromatic carbocycles. The number of nitrogens with zero attached hydrogens (tertiary/aromatic N) is 2. The number of benzene rings is 1. The van der Waals surface area contributed by atoms with Crippen molar-refractivity contribution in [2.75, 3.05) is 20.0 Å². The van der Waals surface area contributed by atoms with Gasteiger partial charge in [-0.25, -0.2) is 9.78 Å². The number of rotatable bonds is 7. The molecule has 0 aliphatic carbocycles. The predicted molar refractivity (Wildman–Crippen MR) is 105 cm³/mol. The lowest BCUT2D eigenvalue weighted by Crippen LogP contribution is -2.25. The minimum absolute atomic E-state index is 0.133. The number of esters is 1. The molecule has 1 N–H and O–H groups in total. The first-order chi connectivity index (χ1) is 13.4. The first-order valence-electron chi connectivity index (χ1n) is 8.15. The summed E-state index contributed by atoms with van der Waals surface area (Å²) < 4.78 is 15.9. The number of nitriles is 1. The number of carbonyl (C=O) groups is 1. The van der Waals surface area contributed by atoms with Crippen LogP contribution in [0.5, 0.6) is 11.5 Å². The van der Waals surface area contributed by atoms with Gasteiger partial charge in [0, 0.05) is 5.56 Å². The molecule has 0 saturated heterocycles. The summed E-state index contributed by atoms with van der Waals surface area (Å²) in [5.41, 5.74) is -0.117. The number of nitrogens with one attached hydrogen (secondary N) is 1. The van der Waals surface area contributed by atoms with Crippen LogP contribution in [0.2, 0.25) is 5.02 Å². The van der Waals surface area contributed by atoms with E-state index in [0.29, 0.717) is 17.3 Å². The SMILES string of the molecule is CCOc1cc(-c2nc(SC)[nH]c(=O)c2C#N)cc(Cl)c1OC(C)C(=O)OC. The first-order valence-corrected chi connectivity index (χ1v) is 9.76. The zero-order chi connectivity index (χ0) is 20.8. The third kappa shape index (κ3) is 4.58. The smallest absolute Gasteiger partial charge is 0.346 e. The standard InChI is InChI=1S/C18H18ClN3O5S/c1-5-26-13-7-10(6-12(19)15(13)27-9(2)17(24)25-3)14-11(8-20)16(23)22-18(21-14)28-4/h6-7,9H,5H2,1-4H3,(H,21,22,23). The number of ether oxygens (including phenoxy) is 3. The summed E-state index contributed by atoms with van der Waals surface area (Å²) in [5, 5.41) is 9.86. The van der Waals surface area contributed by atoms with Gasteiger partial charge in [0.2, 0.25) is 0 Å². The van der Waals surface area contributed by atoms with E-state index >= 15 is 0 Å². The van der Waals surface area contributed by atoms with Gasteiger partial charge in [-0.2, -0.15) is 5.26 Å². The Bertz CT molecular complexity index is 986. The van der Waals surface area contributed by atoms with Crippen LogP contribution in [0.3, 0.4) is 0 Å². The molecule has 0 bridgehead atoms. The van der Waals surface area contributed by atoms with Gasteiger partial charge in [0.15, 0.2) is 22.8 Å². The fraction of sp³-hybridized carbons (Fsp3) is 0.333. The van der Waals surface area contributed by atoms with Crippen LogP contribution in [0.25, 0.3) is 11.3 Å². The van der Waals surface area contributed by atoms with Crippen LogP contribution in [0.15, 0.2) is 22.1 Å². The van der Waals surface area contributed by atoms with Crippen LogP contribution in [0, 0.1) is 11.3 Å². The number of hydrogen-bond donors (Lipinski definition) is 1. The molecule has 1 aromatic heterocycles. The molecule has 1 atom stereocenters. The van der Waals surface area contributed by atoms with Crippen molar-refractivity contribution >= 4 is 29.3 Å². The molecule has 2 aromatic rings. The van der Waals surface area contributed by atoms with Crippen LogP contribution in [0.1, 0.15) is 19.4 Å². The topological polar surface area (TPSA) is 114 Å². The lowest BCUT2D eigenvalue weighted by atomic mass is 10.1. The molecule has 10 heteroatoms. The lowest BCUT2D eigenvalue weighted by Gasteiger charge is -2.18. The molecule has 1 heterocycles. The Labute approximate surface area is 170 Å². The molecule has 0 saturated carbocycles. The summed E-state index contributed by atoms with van der Waals surface area (Å²) in [7, 11) is 1.25. The fourth-order valence-corrected chi connectivity index (χ4v) is 2.97. The summed E-state index contributed by atoms with van der Waals surface area (Å²) in [6.45, 7) is 3.58. The Balaban J connectivity index is 2.63. The summed E-state index contributed by atoms with van der Waals surface area (Å²) in [5.74, 6) is -0.175. The minimum atomic E-state index is -0.914. The van der Waals surface area contributed by atoms with E-state index in [1.807, 2.05) is 6.07 Å². The van der Waals surface area contributed by atoms with Crippen molar-refractivity contribution < 1.29 is 19.0 Å². The van der Waals surface area contributed by atoms with Crippen molar-refractivity contribution in [2.45, 2.75) is 25.1 Å². The maximum Gasteiger partial charge on any atom is 0.346 e. The third-order valence-electron chi connectivity index (χ3n) is 3.61. The highest BCUT2D eigenvalue weighted by Gasteiger charge is 2.22. The van der Waals surface area contributed by atoms with Crippen LogP contribution in [-0.2, 0) is 9.53 Å². The van der Waals surface area contributed by atoms with Crippen molar-refractivity contribution in [2.24, 2.45) is 0 Å². The van der Waals surface area contributed by atoms with Crippen molar-refractivity contribution in [1.82, 2.24) is 9.97 Å². The second kappa shape index (κ2) is 9.48. The third-order valence-corrected chi connectivity index (χ3v) is 4.47. The van der Waals surface area contributed by atoms with Crippen LogP contribution in [-0.4, -0.2) is 42.0 Å². The van der Waals surface area contributed by atoms with E-state index in [4.69, 9.17) is 21.1 Å². The van der Waals surface area contributed by atoms with Gasteiger partial charge >= 0.3 is 5.97 Å². The van der Waals surface area contributed by atoms with E-state index in [9.17, 15) is 14.9 Å². The Hall–Kier alpha value is -2.70. The van der Waals surface area contributed by atoms with E-state index in [1.165, 1.54) is 31.9 Å². The zero-order valence-electron chi connectivity index (χ0n) is 15.7. The number of carbonyl (C=O) groups excluding carboxylic acids is 1. The normalized spacial score (nSPS) is 11.4. The Morgan fingerprint density at radius 2 is 2.18 bits per heavy atom. The maximum atomic E-state index is 12.2. The number of hydrogen-bond acceptors (Lipinski definition) is 8. The van der Waals surface area contributed by atoms with Crippen LogP contribution in [0.4, 0.5) is 0 Å². The summed E-state index contributed by atoms with van der Waals surface area (Å²) in [6, 6.07) is 4.92. The summed E-state index contributed by atoms with van der Waals surface area (Å²) >= 11 is 7.59. The highest BCUT2D eigenvalue weighted by Crippen LogP contribution is 2.40. The molecular formula is C18H18ClN3O5S. The second-order valence-electron chi connectivity index (χ2n) is 5.41. The fourth-order valence-electron chi connectivity index (χ4n) is 2.33. The van der Waals surface area contributed by atoms with E-state index in [2.05, 4.69) is 14.7 Å². The Morgan fingerprint density at radius 3 is 2.75 bits per heavy atom. The molecule has 0 aliphatic heterocycles. The molecule has 148 valence electrons. The average Bonchev–Trinajstić information content (AvgIpc) is 2.68. The van der Waals surface area contributed by atoms with Gasteiger partial charge in [-0.15, -0.1) is 0 Å². The molecule has 0 amide bonds. The van der Waals surface area contributed by atoms with E-state index in [0.717, 1.165) is 0 Å². The number of H-pyrrole nitrogens is 1. The Kier molecular flexibility index (Phi) is 7.31. The molecule has 2 rings (SSSR count). The number of methoxy groups -OCH3 is 1. The van der Waals surface area contributed by atoms with Gasteiger partial charge in [0.25, 0.3) is 5.56 Å². The predicted octanol–water partition coefficient (Wildman–Crippen LogP) is 3.02. The Morgan fingerprint density at radius 1 is 1.46 bits per heavy atom. The minimum Gasteiger partial charge on any atom is -0.490 e. The highest BCUT2D eigenvalue weighted by atomic mass is 35.5. The van der Waals surface area contributed by atoms with Crippen molar-refractivity contribution in [3.63, 3.8) is 0 Å². The van der Waals surface area contributed by atoms with E-state index in [1.54, 1.807) is 19.2 Å². The van der Waals surface area contributed by atoms with E-state index in [-0.39, 0.29) is 27.8 Å². The first kappa shape index (κ1) is 21.6. The monoisotopic (exact) mass is 423 g/mol. The summed E-state index contributed by atoms with van der Waals surface area (Å²) in [6.07, 6.45) is 0.834. The van der Waals surface area contributed by atoms with Gasteiger partial charge in [-0.3, -0.25) is 4.79 Å². The van der Waals surface area contributed by atoms with Crippen molar-refractivity contribution in [1.29, 1.82) is 5.26 Å². The molecular weight excluding hydrogens is 406 g/mol. The quantitative estimate of drug-likeness (QED) is 0.410.